The van der Waals surface area contributed by atoms with E-state index >= 15 is 0 Å². The molecule has 1 atom stereocenters. The second kappa shape index (κ2) is 5.00. The van der Waals surface area contributed by atoms with Gasteiger partial charge in [-0.15, -0.1) is 0 Å². The van der Waals surface area contributed by atoms with Gasteiger partial charge in [-0.3, -0.25) is 4.68 Å². The lowest BCUT2D eigenvalue weighted by Crippen LogP contribution is -2.04. The molecule has 3 nitrogen and oxygen atoms in total. The molecule has 5 heteroatoms. The number of aliphatic hydroxyl groups excluding tert-OH is 1. The molecule has 0 amide bonds. The first kappa shape index (κ1) is 13.3. The third kappa shape index (κ3) is 2.13. The molecule has 1 N–H and O–H groups in total. The molecule has 0 aliphatic heterocycles. The van der Waals surface area contributed by atoms with E-state index in [1.54, 1.807) is 23.9 Å². The molecule has 0 bridgehead atoms. The third-order valence-corrected chi connectivity index (χ3v) is 3.79. The standard InChI is InChI=1S/C15H12BrFN2O/c1-19-13-5-3-2-4-10(13)14(18-19)15(20)11-8-9(16)6-7-12(11)17/h2-8,15,20H,1H3. The Kier molecular flexibility index (Phi) is 3.31. The van der Waals surface area contributed by atoms with Gasteiger partial charge in [0.15, 0.2) is 0 Å². The monoisotopic (exact) mass is 334 g/mol. The number of benzene rings is 2. The van der Waals surface area contributed by atoms with Crippen LogP contribution in [-0.2, 0) is 7.05 Å². The fourth-order valence-corrected chi connectivity index (χ4v) is 2.69. The van der Waals surface area contributed by atoms with Crippen molar-refractivity contribution < 1.29 is 9.50 Å². The highest BCUT2D eigenvalue weighted by atomic mass is 79.9. The van der Waals surface area contributed by atoms with Crippen LogP contribution in [0.3, 0.4) is 0 Å². The molecule has 0 radical (unpaired) electrons. The Bertz CT molecular complexity index is 785. The van der Waals surface area contributed by atoms with Crippen LogP contribution >= 0.6 is 15.9 Å². The Morgan fingerprint density at radius 1 is 1.25 bits per heavy atom. The Hall–Kier alpha value is -1.72. The molecule has 0 aliphatic rings. The Labute approximate surface area is 123 Å². The van der Waals surface area contributed by atoms with Crippen LogP contribution in [0.5, 0.6) is 0 Å². The van der Waals surface area contributed by atoms with Gasteiger partial charge in [-0.25, -0.2) is 4.39 Å². The summed E-state index contributed by atoms with van der Waals surface area (Å²) in [5.74, 6) is -0.449. The number of hydrogen-bond donors (Lipinski definition) is 1. The van der Waals surface area contributed by atoms with Gasteiger partial charge in [-0.05, 0) is 24.3 Å². The molecule has 1 unspecified atom stereocenters. The van der Waals surface area contributed by atoms with Crippen LogP contribution in [-0.4, -0.2) is 14.9 Å². The fourth-order valence-electron chi connectivity index (χ4n) is 2.32. The van der Waals surface area contributed by atoms with Crippen molar-refractivity contribution in [3.63, 3.8) is 0 Å². The molecular formula is C15H12BrFN2O. The minimum absolute atomic E-state index is 0.211. The second-order valence-corrected chi connectivity index (χ2v) is 5.51. The summed E-state index contributed by atoms with van der Waals surface area (Å²) in [4.78, 5) is 0. The fraction of sp³-hybridized carbons (Fsp3) is 0.133. The van der Waals surface area contributed by atoms with Gasteiger partial charge in [0.25, 0.3) is 0 Å². The first-order valence-corrected chi connectivity index (χ1v) is 6.92. The number of aromatic nitrogens is 2. The number of aryl methyl sites for hydroxylation is 1. The van der Waals surface area contributed by atoms with Crippen molar-refractivity contribution in [2.24, 2.45) is 7.05 Å². The summed E-state index contributed by atoms with van der Waals surface area (Å²) in [6.07, 6.45) is -1.10. The number of halogens is 2. The van der Waals surface area contributed by atoms with Crippen LogP contribution < -0.4 is 0 Å². The molecule has 1 aromatic heterocycles. The highest BCUT2D eigenvalue weighted by Gasteiger charge is 2.21. The SMILES string of the molecule is Cn1nc(C(O)c2cc(Br)ccc2F)c2ccccc21. The van der Waals surface area contributed by atoms with Gasteiger partial charge in [-0.2, -0.15) is 5.10 Å². The van der Waals surface area contributed by atoms with Gasteiger partial charge in [0.05, 0.1) is 5.52 Å². The minimum atomic E-state index is -1.10. The van der Waals surface area contributed by atoms with E-state index in [1.807, 2.05) is 24.3 Å². The summed E-state index contributed by atoms with van der Waals surface area (Å²) in [6.45, 7) is 0. The van der Waals surface area contributed by atoms with Crippen LogP contribution in [0.1, 0.15) is 17.4 Å². The van der Waals surface area contributed by atoms with E-state index in [1.165, 1.54) is 6.07 Å². The van der Waals surface area contributed by atoms with Gasteiger partial charge in [0.2, 0.25) is 0 Å². The van der Waals surface area contributed by atoms with Gasteiger partial charge >= 0.3 is 0 Å². The molecular weight excluding hydrogens is 323 g/mol. The van der Waals surface area contributed by atoms with Gasteiger partial charge in [-0.1, -0.05) is 34.1 Å². The molecule has 0 saturated carbocycles. The summed E-state index contributed by atoms with van der Waals surface area (Å²) in [6, 6.07) is 12.1. The van der Waals surface area contributed by atoms with E-state index in [0.29, 0.717) is 10.2 Å². The highest BCUT2D eigenvalue weighted by molar-refractivity contribution is 9.10. The number of para-hydroxylation sites is 1. The maximum absolute atomic E-state index is 13.9. The van der Waals surface area contributed by atoms with E-state index in [9.17, 15) is 9.50 Å². The molecule has 3 rings (SSSR count). The molecule has 20 heavy (non-hydrogen) atoms. The van der Waals surface area contributed by atoms with Crippen molar-refractivity contribution in [3.8, 4) is 0 Å². The maximum Gasteiger partial charge on any atom is 0.129 e. The van der Waals surface area contributed by atoms with Crippen LogP contribution in [0.15, 0.2) is 46.9 Å². The van der Waals surface area contributed by atoms with Crippen LogP contribution in [0.4, 0.5) is 4.39 Å². The predicted molar refractivity (Wildman–Crippen MR) is 78.9 cm³/mol. The van der Waals surface area contributed by atoms with Gasteiger partial charge < -0.3 is 5.11 Å². The number of nitrogens with zero attached hydrogens (tertiary/aromatic N) is 2. The molecule has 0 saturated heterocycles. The molecule has 102 valence electrons. The van der Waals surface area contributed by atoms with E-state index in [2.05, 4.69) is 21.0 Å². The van der Waals surface area contributed by atoms with Crippen molar-refractivity contribution in [1.82, 2.24) is 9.78 Å². The topological polar surface area (TPSA) is 38.0 Å². The van der Waals surface area contributed by atoms with Crippen LogP contribution in [0, 0.1) is 5.82 Å². The Morgan fingerprint density at radius 3 is 2.80 bits per heavy atom. The zero-order valence-electron chi connectivity index (χ0n) is 10.7. The van der Waals surface area contributed by atoms with Crippen LogP contribution in [0.25, 0.3) is 10.9 Å². The molecule has 1 heterocycles. The lowest BCUT2D eigenvalue weighted by Gasteiger charge is -2.10. The second-order valence-electron chi connectivity index (χ2n) is 4.59. The zero-order valence-corrected chi connectivity index (χ0v) is 12.3. The number of rotatable bonds is 2. The minimum Gasteiger partial charge on any atom is -0.382 e. The predicted octanol–water partition coefficient (Wildman–Crippen LogP) is 3.56. The quantitative estimate of drug-likeness (QED) is 0.778. The first-order valence-electron chi connectivity index (χ1n) is 6.12. The van der Waals surface area contributed by atoms with Crippen LogP contribution in [0.2, 0.25) is 0 Å². The summed E-state index contributed by atoms with van der Waals surface area (Å²) in [5.41, 5.74) is 1.57. The molecule has 3 aromatic rings. The number of aliphatic hydroxyl groups is 1. The largest absolute Gasteiger partial charge is 0.382 e. The molecule has 0 spiro atoms. The van der Waals surface area contributed by atoms with Gasteiger partial charge in [0, 0.05) is 22.5 Å². The Balaban J connectivity index is 2.18. The smallest absolute Gasteiger partial charge is 0.129 e. The highest BCUT2D eigenvalue weighted by Crippen LogP contribution is 2.30. The normalized spacial score (nSPS) is 12.8. The van der Waals surface area contributed by atoms with Gasteiger partial charge in [0.1, 0.15) is 17.6 Å². The molecule has 0 aliphatic carbocycles. The molecule has 2 aromatic carbocycles. The van der Waals surface area contributed by atoms with E-state index in [4.69, 9.17) is 0 Å². The number of fused-ring (bicyclic) bond motifs is 1. The Morgan fingerprint density at radius 2 is 2.00 bits per heavy atom. The van der Waals surface area contributed by atoms with Crippen molar-refractivity contribution in [3.05, 3.63) is 64.0 Å². The molecule has 0 fully saturated rings. The summed E-state index contributed by atoms with van der Waals surface area (Å²) < 4.78 is 16.3. The lowest BCUT2D eigenvalue weighted by atomic mass is 10.0. The maximum atomic E-state index is 13.9. The summed E-state index contributed by atoms with van der Waals surface area (Å²) in [5, 5.41) is 15.6. The van der Waals surface area contributed by atoms with Crippen molar-refractivity contribution in [1.29, 1.82) is 0 Å². The lowest BCUT2D eigenvalue weighted by molar-refractivity contribution is 0.210. The van der Waals surface area contributed by atoms with E-state index < -0.39 is 11.9 Å². The average Bonchev–Trinajstić information content (AvgIpc) is 2.79. The first-order chi connectivity index (χ1) is 9.58. The third-order valence-electron chi connectivity index (χ3n) is 3.30. The number of hydrogen-bond acceptors (Lipinski definition) is 2. The summed E-state index contributed by atoms with van der Waals surface area (Å²) >= 11 is 3.29. The van der Waals surface area contributed by atoms with Crippen molar-refractivity contribution in [2.45, 2.75) is 6.10 Å². The van der Waals surface area contributed by atoms with Crippen molar-refractivity contribution in [2.75, 3.05) is 0 Å². The summed E-state index contributed by atoms with van der Waals surface area (Å²) in [7, 11) is 1.80. The zero-order chi connectivity index (χ0) is 14.3. The average molecular weight is 335 g/mol. The van der Waals surface area contributed by atoms with E-state index in [-0.39, 0.29) is 5.56 Å². The van der Waals surface area contributed by atoms with E-state index in [0.717, 1.165) is 10.9 Å². The van der Waals surface area contributed by atoms with Crippen molar-refractivity contribution >= 4 is 26.8 Å².